The van der Waals surface area contributed by atoms with Gasteiger partial charge in [-0.2, -0.15) is 0 Å². The third-order valence-corrected chi connectivity index (χ3v) is 5.61. The van der Waals surface area contributed by atoms with Crippen LogP contribution in [0.2, 0.25) is 0 Å². The molecule has 34 heavy (non-hydrogen) atoms. The van der Waals surface area contributed by atoms with E-state index < -0.39 is 23.3 Å². The minimum Gasteiger partial charge on any atom is -0.489 e. The molecule has 3 N–H and O–H groups in total. The second kappa shape index (κ2) is 10.2. The molecule has 0 saturated carbocycles. The molecule has 0 aromatic heterocycles. The number of hydrogen-bond donors (Lipinski definition) is 3. The van der Waals surface area contributed by atoms with Gasteiger partial charge in [0.15, 0.2) is 5.75 Å². The van der Waals surface area contributed by atoms with Crippen molar-refractivity contribution in [3.8, 4) is 11.5 Å². The van der Waals surface area contributed by atoms with E-state index in [9.17, 15) is 13.9 Å². The summed E-state index contributed by atoms with van der Waals surface area (Å²) in [4.78, 5) is 0. The fraction of sp³-hybridized carbons (Fsp3) is 0.259. The van der Waals surface area contributed by atoms with Gasteiger partial charge in [0.25, 0.3) is 0 Å². The number of fused-ring (bicyclic) bond motifs is 1. The highest BCUT2D eigenvalue weighted by molar-refractivity contribution is 5.66. The average Bonchev–Trinajstić information content (AvgIpc) is 2.83. The monoisotopic (exact) mass is 466 g/mol. The summed E-state index contributed by atoms with van der Waals surface area (Å²) >= 11 is 0. The van der Waals surface area contributed by atoms with Gasteiger partial charge in [-0.3, -0.25) is 0 Å². The topological polar surface area (TPSA) is 62.8 Å². The van der Waals surface area contributed by atoms with Crippen LogP contribution in [-0.2, 0) is 13.0 Å². The third-order valence-electron chi connectivity index (χ3n) is 5.61. The van der Waals surface area contributed by atoms with E-state index >= 15 is 0 Å². The normalized spacial score (nSPS) is 13.6. The zero-order valence-corrected chi connectivity index (χ0v) is 19.1. The molecule has 1 unspecified atom stereocenters. The van der Waals surface area contributed by atoms with E-state index in [4.69, 9.17) is 9.47 Å². The Morgan fingerprint density at radius 3 is 2.65 bits per heavy atom. The van der Waals surface area contributed by atoms with E-state index in [1.54, 1.807) is 12.3 Å². The van der Waals surface area contributed by atoms with Crippen molar-refractivity contribution >= 4 is 5.69 Å². The molecule has 0 amide bonds. The Morgan fingerprint density at radius 2 is 1.88 bits per heavy atom. The van der Waals surface area contributed by atoms with Gasteiger partial charge in [-0.25, -0.2) is 8.78 Å². The molecular formula is C27H28F2N2O3. The summed E-state index contributed by atoms with van der Waals surface area (Å²) in [5, 5.41) is 17.4. The SMILES string of the molecule is CC(C)(Cc1ccc(F)cc1F)NCC(O)c1cc(OCc2ccccc2)cc2c1OC=CN2. The van der Waals surface area contributed by atoms with Crippen LogP contribution in [0.25, 0.3) is 0 Å². The number of ether oxygens (including phenoxy) is 2. The second-order valence-corrected chi connectivity index (χ2v) is 8.92. The van der Waals surface area contributed by atoms with Crippen molar-refractivity contribution in [1.82, 2.24) is 5.32 Å². The van der Waals surface area contributed by atoms with Crippen molar-refractivity contribution in [3.05, 3.63) is 101 Å². The zero-order chi connectivity index (χ0) is 24.1. The minimum atomic E-state index is -0.917. The maximum atomic E-state index is 14.1. The third kappa shape index (κ3) is 5.92. The van der Waals surface area contributed by atoms with Crippen LogP contribution in [0, 0.1) is 11.6 Å². The number of rotatable bonds is 9. The lowest BCUT2D eigenvalue weighted by Gasteiger charge is -2.29. The predicted octanol–water partition coefficient (Wildman–Crippen LogP) is 5.46. The molecule has 0 aliphatic carbocycles. The Kier molecular flexibility index (Phi) is 7.14. The van der Waals surface area contributed by atoms with Crippen molar-refractivity contribution in [2.45, 2.75) is 38.5 Å². The first-order valence-electron chi connectivity index (χ1n) is 11.1. The summed E-state index contributed by atoms with van der Waals surface area (Å²) in [6, 6.07) is 17.0. The smallest absolute Gasteiger partial charge is 0.156 e. The van der Waals surface area contributed by atoms with Gasteiger partial charge in [0.05, 0.1) is 11.8 Å². The van der Waals surface area contributed by atoms with Gasteiger partial charge in [-0.05, 0) is 43.5 Å². The quantitative estimate of drug-likeness (QED) is 0.391. The van der Waals surface area contributed by atoms with Crippen molar-refractivity contribution < 1.29 is 23.4 Å². The Morgan fingerprint density at radius 1 is 1.09 bits per heavy atom. The Labute approximate surface area is 198 Å². The largest absolute Gasteiger partial charge is 0.489 e. The van der Waals surface area contributed by atoms with E-state index in [0.717, 1.165) is 11.6 Å². The first kappa shape index (κ1) is 23.7. The highest BCUT2D eigenvalue weighted by atomic mass is 19.1. The van der Waals surface area contributed by atoms with Gasteiger partial charge >= 0.3 is 0 Å². The Bertz CT molecular complexity index is 1170. The summed E-state index contributed by atoms with van der Waals surface area (Å²) in [6.07, 6.45) is 2.58. The van der Waals surface area contributed by atoms with Gasteiger partial charge in [-0.15, -0.1) is 0 Å². The number of β-amino-alcohol motifs (C(OH)–C–C–N with tert-alkyl or cyclic N) is 1. The average molecular weight is 467 g/mol. The van der Waals surface area contributed by atoms with Crippen LogP contribution >= 0.6 is 0 Å². The van der Waals surface area contributed by atoms with Crippen molar-refractivity contribution in [3.63, 3.8) is 0 Å². The lowest BCUT2D eigenvalue weighted by molar-refractivity contribution is 0.157. The van der Waals surface area contributed by atoms with E-state index in [0.29, 0.717) is 41.3 Å². The van der Waals surface area contributed by atoms with E-state index in [-0.39, 0.29) is 6.54 Å². The number of anilines is 1. The van der Waals surface area contributed by atoms with Gasteiger partial charge in [0.2, 0.25) is 0 Å². The number of aliphatic hydroxyl groups is 1. The van der Waals surface area contributed by atoms with Crippen LogP contribution in [0.1, 0.15) is 36.6 Å². The number of benzene rings is 3. The molecule has 3 aromatic rings. The fourth-order valence-corrected chi connectivity index (χ4v) is 3.85. The molecule has 1 aliphatic rings. The number of halogens is 2. The molecule has 0 radical (unpaired) electrons. The molecule has 5 nitrogen and oxygen atoms in total. The molecule has 178 valence electrons. The first-order chi connectivity index (χ1) is 16.3. The van der Waals surface area contributed by atoms with Crippen LogP contribution < -0.4 is 20.1 Å². The molecule has 1 atom stereocenters. The standard InChI is InChI=1S/C27H28F2N2O3/c1-27(2,15-19-8-9-20(28)12-23(19)29)31-16-25(32)22-13-21(14-24-26(22)33-11-10-30-24)34-17-18-6-4-3-5-7-18/h3-14,25,30-32H,15-17H2,1-2H3. The van der Waals surface area contributed by atoms with E-state index in [1.807, 2.05) is 50.2 Å². The highest BCUT2D eigenvalue weighted by Crippen LogP contribution is 2.39. The summed E-state index contributed by atoms with van der Waals surface area (Å²) in [7, 11) is 0. The second-order valence-electron chi connectivity index (χ2n) is 8.92. The lowest BCUT2D eigenvalue weighted by atomic mass is 9.94. The minimum absolute atomic E-state index is 0.192. The number of aliphatic hydroxyl groups excluding tert-OH is 1. The molecule has 0 saturated heterocycles. The molecular weight excluding hydrogens is 438 g/mol. The number of hydrogen-bond acceptors (Lipinski definition) is 5. The van der Waals surface area contributed by atoms with Crippen LogP contribution in [-0.4, -0.2) is 17.2 Å². The molecule has 0 fully saturated rings. The predicted molar refractivity (Wildman–Crippen MR) is 128 cm³/mol. The Balaban J connectivity index is 1.47. The van der Waals surface area contributed by atoms with Crippen LogP contribution in [0.4, 0.5) is 14.5 Å². The van der Waals surface area contributed by atoms with Gasteiger partial charge in [-0.1, -0.05) is 36.4 Å². The molecule has 7 heteroatoms. The molecule has 0 bridgehead atoms. The van der Waals surface area contributed by atoms with Gasteiger partial charge in [0, 0.05) is 36.0 Å². The number of nitrogens with one attached hydrogen (secondary N) is 2. The van der Waals surface area contributed by atoms with Crippen molar-refractivity contribution in [2.75, 3.05) is 11.9 Å². The molecule has 1 heterocycles. The zero-order valence-electron chi connectivity index (χ0n) is 19.1. The maximum absolute atomic E-state index is 14.1. The summed E-state index contributed by atoms with van der Waals surface area (Å²) in [5.74, 6) is -0.0785. The van der Waals surface area contributed by atoms with E-state index in [1.165, 1.54) is 18.4 Å². The molecule has 3 aromatic carbocycles. The lowest BCUT2D eigenvalue weighted by Crippen LogP contribution is -2.43. The van der Waals surface area contributed by atoms with Gasteiger partial charge in [0.1, 0.15) is 30.3 Å². The van der Waals surface area contributed by atoms with Crippen molar-refractivity contribution in [2.24, 2.45) is 0 Å². The fourth-order valence-electron chi connectivity index (χ4n) is 3.85. The van der Waals surface area contributed by atoms with Crippen LogP contribution in [0.3, 0.4) is 0 Å². The first-order valence-corrected chi connectivity index (χ1v) is 11.1. The van der Waals surface area contributed by atoms with Crippen LogP contribution in [0.5, 0.6) is 11.5 Å². The maximum Gasteiger partial charge on any atom is 0.156 e. The van der Waals surface area contributed by atoms with Crippen LogP contribution in [0.15, 0.2) is 73.1 Å². The summed E-state index contributed by atoms with van der Waals surface area (Å²) < 4.78 is 39.0. The van der Waals surface area contributed by atoms with Gasteiger partial charge < -0.3 is 25.2 Å². The molecule has 4 rings (SSSR count). The molecule has 0 spiro atoms. The summed E-state index contributed by atoms with van der Waals surface area (Å²) in [5.41, 5.74) is 2.13. The van der Waals surface area contributed by atoms with E-state index in [2.05, 4.69) is 10.6 Å². The van der Waals surface area contributed by atoms with Crippen molar-refractivity contribution in [1.29, 1.82) is 0 Å². The molecule has 1 aliphatic heterocycles. The Hall–Kier alpha value is -3.42. The summed E-state index contributed by atoms with van der Waals surface area (Å²) in [6.45, 7) is 4.38. The highest BCUT2D eigenvalue weighted by Gasteiger charge is 2.25.